The molecule has 1 fully saturated rings. The number of hydrogen-bond acceptors (Lipinski definition) is 4. The molecule has 0 aromatic carbocycles. The van der Waals surface area contributed by atoms with E-state index in [9.17, 15) is 0 Å². The highest BCUT2D eigenvalue weighted by Crippen LogP contribution is 2.27. The van der Waals surface area contributed by atoms with Crippen LogP contribution in [0.15, 0.2) is 12.3 Å². The van der Waals surface area contributed by atoms with E-state index in [0.29, 0.717) is 6.04 Å². The molecule has 1 unspecified atom stereocenters. The molecule has 1 aliphatic rings. The first-order valence-corrected chi connectivity index (χ1v) is 7.30. The van der Waals surface area contributed by atoms with E-state index in [1.807, 2.05) is 12.3 Å². The van der Waals surface area contributed by atoms with Gasteiger partial charge in [0.25, 0.3) is 0 Å². The van der Waals surface area contributed by atoms with E-state index in [1.165, 1.54) is 0 Å². The lowest BCUT2D eigenvalue weighted by atomic mass is 10.2. The summed E-state index contributed by atoms with van der Waals surface area (Å²) in [6, 6.07) is 2.47. The van der Waals surface area contributed by atoms with Crippen LogP contribution in [0.1, 0.15) is 19.4 Å². The second-order valence-electron chi connectivity index (χ2n) is 5.23. The molecule has 0 radical (unpaired) electrons. The van der Waals surface area contributed by atoms with Gasteiger partial charge >= 0.3 is 0 Å². The molecule has 2 heterocycles. The zero-order chi connectivity index (χ0) is 13.8. The van der Waals surface area contributed by atoms with Crippen molar-refractivity contribution in [3.8, 4) is 0 Å². The molecule has 1 atom stereocenters. The van der Waals surface area contributed by atoms with Crippen LogP contribution in [-0.4, -0.2) is 49.2 Å². The molecule has 0 saturated carbocycles. The Hall–Kier alpha value is -0.840. The van der Waals surface area contributed by atoms with Crippen LogP contribution < -0.4 is 10.2 Å². The lowest BCUT2D eigenvalue weighted by molar-refractivity contribution is 0.274. The van der Waals surface area contributed by atoms with Gasteiger partial charge in [0, 0.05) is 38.4 Å². The summed E-state index contributed by atoms with van der Waals surface area (Å²) in [5.74, 6) is 0.919. The third kappa shape index (κ3) is 3.59. The molecule has 1 saturated heterocycles. The first-order valence-electron chi connectivity index (χ1n) is 6.92. The summed E-state index contributed by atoms with van der Waals surface area (Å²) in [6.07, 6.45) is 1.93. The van der Waals surface area contributed by atoms with Crippen LogP contribution in [0.4, 0.5) is 5.82 Å². The average molecular weight is 283 g/mol. The molecule has 0 aliphatic carbocycles. The zero-order valence-corrected chi connectivity index (χ0v) is 12.7. The standard InChI is InChI=1S/C14H23ClN4/c1-4-16-8-12-7-13(15)14(17-9-12)19-6-5-18(3)10-11(19)2/h7,9,11,16H,4-6,8,10H2,1-3H3. The van der Waals surface area contributed by atoms with E-state index in [4.69, 9.17) is 11.6 Å². The number of nitrogens with one attached hydrogen (secondary N) is 1. The number of rotatable bonds is 4. The van der Waals surface area contributed by atoms with E-state index >= 15 is 0 Å². The summed E-state index contributed by atoms with van der Waals surface area (Å²) in [5.41, 5.74) is 1.14. The second-order valence-corrected chi connectivity index (χ2v) is 5.64. The van der Waals surface area contributed by atoms with Crippen LogP contribution in [0.2, 0.25) is 5.02 Å². The number of anilines is 1. The third-order valence-corrected chi connectivity index (χ3v) is 3.84. The monoisotopic (exact) mass is 282 g/mol. The van der Waals surface area contributed by atoms with Gasteiger partial charge in [0.2, 0.25) is 0 Å². The topological polar surface area (TPSA) is 31.4 Å². The van der Waals surface area contributed by atoms with Gasteiger partial charge in [0.15, 0.2) is 0 Å². The Bertz CT molecular complexity index is 424. The predicted octanol–water partition coefficient (Wildman–Crippen LogP) is 1.98. The molecule has 1 aromatic heterocycles. The Morgan fingerprint density at radius 3 is 2.89 bits per heavy atom. The highest BCUT2D eigenvalue weighted by molar-refractivity contribution is 6.33. The van der Waals surface area contributed by atoms with Crippen molar-refractivity contribution in [3.63, 3.8) is 0 Å². The van der Waals surface area contributed by atoms with Gasteiger partial charge in [-0.05, 0) is 32.1 Å². The van der Waals surface area contributed by atoms with Gasteiger partial charge in [-0.2, -0.15) is 0 Å². The lowest BCUT2D eigenvalue weighted by Crippen LogP contribution is -2.50. The smallest absolute Gasteiger partial charge is 0.147 e. The molecule has 1 N–H and O–H groups in total. The van der Waals surface area contributed by atoms with Crippen molar-refractivity contribution in [2.45, 2.75) is 26.4 Å². The minimum Gasteiger partial charge on any atom is -0.350 e. The summed E-state index contributed by atoms with van der Waals surface area (Å²) in [6.45, 7) is 9.18. The quantitative estimate of drug-likeness (QED) is 0.915. The normalized spacial score (nSPS) is 20.8. The predicted molar refractivity (Wildman–Crippen MR) is 80.9 cm³/mol. The van der Waals surface area contributed by atoms with Crippen molar-refractivity contribution in [2.24, 2.45) is 0 Å². The SMILES string of the molecule is CCNCc1cnc(N2CCN(C)CC2C)c(Cl)c1. The zero-order valence-electron chi connectivity index (χ0n) is 12.0. The number of pyridine rings is 1. The number of likely N-dealkylation sites (N-methyl/N-ethyl adjacent to an activating group) is 1. The minimum atomic E-state index is 0.448. The molecular formula is C14H23ClN4. The maximum Gasteiger partial charge on any atom is 0.147 e. The lowest BCUT2D eigenvalue weighted by Gasteiger charge is -2.39. The van der Waals surface area contributed by atoms with Gasteiger partial charge < -0.3 is 15.1 Å². The summed E-state index contributed by atoms with van der Waals surface area (Å²) in [5, 5.41) is 4.04. The number of nitrogens with zero attached hydrogens (tertiary/aromatic N) is 3. The van der Waals surface area contributed by atoms with Crippen molar-refractivity contribution < 1.29 is 0 Å². The van der Waals surface area contributed by atoms with Crippen molar-refractivity contribution >= 4 is 17.4 Å². The molecule has 4 nitrogen and oxygen atoms in total. The van der Waals surface area contributed by atoms with E-state index in [1.54, 1.807) is 0 Å². The van der Waals surface area contributed by atoms with Crippen LogP contribution in [0, 0.1) is 0 Å². The van der Waals surface area contributed by atoms with Crippen molar-refractivity contribution in [1.29, 1.82) is 0 Å². The number of hydrogen-bond donors (Lipinski definition) is 1. The molecular weight excluding hydrogens is 260 g/mol. The summed E-state index contributed by atoms with van der Waals surface area (Å²) in [4.78, 5) is 9.21. The Kier molecular flexibility index (Phi) is 5.02. The fourth-order valence-electron chi connectivity index (χ4n) is 2.50. The highest BCUT2D eigenvalue weighted by atomic mass is 35.5. The van der Waals surface area contributed by atoms with E-state index in [2.05, 4.69) is 41.0 Å². The molecule has 19 heavy (non-hydrogen) atoms. The maximum atomic E-state index is 6.40. The number of halogens is 1. The van der Waals surface area contributed by atoms with Gasteiger partial charge in [-0.15, -0.1) is 0 Å². The van der Waals surface area contributed by atoms with E-state index in [-0.39, 0.29) is 0 Å². The fourth-order valence-corrected chi connectivity index (χ4v) is 2.80. The van der Waals surface area contributed by atoms with Crippen LogP contribution in [0.5, 0.6) is 0 Å². The summed E-state index contributed by atoms with van der Waals surface area (Å²) in [7, 11) is 2.16. The van der Waals surface area contributed by atoms with Crippen molar-refractivity contribution in [3.05, 3.63) is 22.8 Å². The Morgan fingerprint density at radius 1 is 1.47 bits per heavy atom. The molecule has 2 rings (SSSR count). The average Bonchev–Trinajstić information content (AvgIpc) is 2.37. The summed E-state index contributed by atoms with van der Waals surface area (Å²) < 4.78 is 0. The van der Waals surface area contributed by atoms with Crippen LogP contribution >= 0.6 is 11.6 Å². The molecule has 1 aliphatic heterocycles. The number of aromatic nitrogens is 1. The summed E-state index contributed by atoms with van der Waals surface area (Å²) >= 11 is 6.40. The van der Waals surface area contributed by atoms with Crippen LogP contribution in [-0.2, 0) is 6.54 Å². The molecule has 1 aromatic rings. The van der Waals surface area contributed by atoms with Gasteiger partial charge in [0.1, 0.15) is 5.82 Å². The first-order chi connectivity index (χ1) is 9.11. The Morgan fingerprint density at radius 2 is 2.26 bits per heavy atom. The van der Waals surface area contributed by atoms with Gasteiger partial charge in [-0.25, -0.2) is 4.98 Å². The van der Waals surface area contributed by atoms with Gasteiger partial charge in [-0.3, -0.25) is 0 Å². The van der Waals surface area contributed by atoms with Crippen molar-refractivity contribution in [2.75, 3.05) is 38.1 Å². The first kappa shape index (κ1) is 14.6. The maximum absolute atomic E-state index is 6.40. The van der Waals surface area contributed by atoms with Gasteiger partial charge in [-0.1, -0.05) is 18.5 Å². The molecule has 0 spiro atoms. The number of piperazine rings is 1. The van der Waals surface area contributed by atoms with E-state index < -0.39 is 0 Å². The largest absolute Gasteiger partial charge is 0.350 e. The fraction of sp³-hybridized carbons (Fsp3) is 0.643. The Labute approximate surface area is 120 Å². The van der Waals surface area contributed by atoms with Crippen LogP contribution in [0.3, 0.4) is 0 Å². The molecule has 106 valence electrons. The van der Waals surface area contributed by atoms with Crippen molar-refractivity contribution in [1.82, 2.24) is 15.2 Å². The van der Waals surface area contributed by atoms with E-state index in [0.717, 1.165) is 49.1 Å². The third-order valence-electron chi connectivity index (χ3n) is 3.56. The molecule has 0 bridgehead atoms. The molecule has 5 heteroatoms. The highest BCUT2D eigenvalue weighted by Gasteiger charge is 2.24. The van der Waals surface area contributed by atoms with Crippen LogP contribution in [0.25, 0.3) is 0 Å². The second kappa shape index (κ2) is 6.55. The molecule has 0 amide bonds. The Balaban J connectivity index is 2.12. The van der Waals surface area contributed by atoms with Gasteiger partial charge in [0.05, 0.1) is 5.02 Å². The minimum absolute atomic E-state index is 0.448.